The van der Waals surface area contributed by atoms with Crippen LogP contribution in [0, 0.1) is 6.92 Å². The highest BCUT2D eigenvalue weighted by molar-refractivity contribution is 6.30. The molecule has 0 saturated heterocycles. The number of nitrogens with one attached hydrogen (secondary N) is 1. The van der Waals surface area contributed by atoms with Crippen LogP contribution in [0.3, 0.4) is 0 Å². The van der Waals surface area contributed by atoms with Crippen molar-refractivity contribution in [3.63, 3.8) is 0 Å². The maximum absolute atomic E-state index is 5.97. The van der Waals surface area contributed by atoms with E-state index in [1.54, 1.807) is 0 Å². The molecular formula is C11H16ClN. The van der Waals surface area contributed by atoms with Crippen molar-refractivity contribution in [2.45, 2.75) is 26.8 Å². The predicted octanol–water partition coefficient (Wildman–Crippen LogP) is 3.32. The van der Waals surface area contributed by atoms with Crippen LogP contribution < -0.4 is 5.32 Å². The van der Waals surface area contributed by atoms with E-state index in [1.165, 1.54) is 11.1 Å². The van der Waals surface area contributed by atoms with Crippen molar-refractivity contribution in [3.05, 3.63) is 34.3 Å². The van der Waals surface area contributed by atoms with E-state index in [-0.39, 0.29) is 0 Å². The molecule has 0 aliphatic carbocycles. The molecule has 0 bridgehead atoms. The van der Waals surface area contributed by atoms with Gasteiger partial charge in [-0.15, -0.1) is 0 Å². The fraction of sp³-hybridized carbons (Fsp3) is 0.455. The maximum Gasteiger partial charge on any atom is 0.0411 e. The molecule has 1 aromatic rings. The Kier molecular flexibility index (Phi) is 3.76. The Morgan fingerprint density at radius 1 is 1.38 bits per heavy atom. The lowest BCUT2D eigenvalue weighted by Crippen LogP contribution is -2.17. The number of halogens is 1. The van der Waals surface area contributed by atoms with E-state index in [2.05, 4.69) is 32.2 Å². The summed E-state index contributed by atoms with van der Waals surface area (Å²) in [7, 11) is 0. The molecule has 0 aromatic heterocycles. The van der Waals surface area contributed by atoms with Gasteiger partial charge in [-0.05, 0) is 43.7 Å². The third-order valence-corrected chi connectivity index (χ3v) is 2.29. The van der Waals surface area contributed by atoms with E-state index < -0.39 is 0 Å². The average Bonchev–Trinajstić information content (AvgIpc) is 2.03. The second-order valence-corrected chi connectivity index (χ2v) is 3.78. The molecule has 0 spiro atoms. The summed E-state index contributed by atoms with van der Waals surface area (Å²) in [5.74, 6) is 0. The highest BCUT2D eigenvalue weighted by Gasteiger charge is 2.04. The SMILES string of the molecule is CCNC(C)c1cc(C)cc(Cl)c1. The van der Waals surface area contributed by atoms with Crippen LogP contribution >= 0.6 is 11.6 Å². The summed E-state index contributed by atoms with van der Waals surface area (Å²) in [5.41, 5.74) is 2.47. The van der Waals surface area contributed by atoms with Crippen LogP contribution in [-0.2, 0) is 0 Å². The van der Waals surface area contributed by atoms with Gasteiger partial charge in [-0.2, -0.15) is 0 Å². The van der Waals surface area contributed by atoms with E-state index in [0.717, 1.165) is 11.6 Å². The first kappa shape index (κ1) is 10.6. The molecule has 2 heteroatoms. The van der Waals surface area contributed by atoms with E-state index in [0.29, 0.717) is 6.04 Å². The van der Waals surface area contributed by atoms with Crippen molar-refractivity contribution in [2.24, 2.45) is 0 Å². The zero-order valence-electron chi connectivity index (χ0n) is 8.39. The van der Waals surface area contributed by atoms with E-state index >= 15 is 0 Å². The normalized spacial score (nSPS) is 12.9. The second-order valence-electron chi connectivity index (χ2n) is 3.34. The first-order valence-electron chi connectivity index (χ1n) is 4.64. The Labute approximate surface area is 85.1 Å². The molecule has 0 heterocycles. The van der Waals surface area contributed by atoms with E-state index in [1.807, 2.05) is 12.1 Å². The molecule has 1 rings (SSSR count). The average molecular weight is 198 g/mol. The third kappa shape index (κ3) is 3.02. The van der Waals surface area contributed by atoms with Gasteiger partial charge in [0.1, 0.15) is 0 Å². The largest absolute Gasteiger partial charge is 0.310 e. The van der Waals surface area contributed by atoms with Gasteiger partial charge in [0.15, 0.2) is 0 Å². The summed E-state index contributed by atoms with van der Waals surface area (Å²) in [6.07, 6.45) is 0. The van der Waals surface area contributed by atoms with Gasteiger partial charge >= 0.3 is 0 Å². The Morgan fingerprint density at radius 3 is 2.62 bits per heavy atom. The lowest BCUT2D eigenvalue weighted by Gasteiger charge is -2.13. The molecule has 1 unspecified atom stereocenters. The molecule has 1 N–H and O–H groups in total. The van der Waals surface area contributed by atoms with Crippen molar-refractivity contribution in [2.75, 3.05) is 6.54 Å². The fourth-order valence-corrected chi connectivity index (χ4v) is 1.74. The van der Waals surface area contributed by atoms with E-state index in [9.17, 15) is 0 Å². The number of aryl methyl sites for hydroxylation is 1. The molecule has 72 valence electrons. The van der Waals surface area contributed by atoms with Crippen LogP contribution in [0.2, 0.25) is 5.02 Å². The first-order chi connectivity index (χ1) is 6.13. The minimum atomic E-state index is 0.377. The summed E-state index contributed by atoms with van der Waals surface area (Å²) in [4.78, 5) is 0. The van der Waals surface area contributed by atoms with Gasteiger partial charge in [0, 0.05) is 11.1 Å². The summed E-state index contributed by atoms with van der Waals surface area (Å²) in [6.45, 7) is 7.29. The Morgan fingerprint density at radius 2 is 2.08 bits per heavy atom. The zero-order valence-corrected chi connectivity index (χ0v) is 9.15. The summed E-state index contributed by atoms with van der Waals surface area (Å²) in [5, 5.41) is 4.18. The molecule has 0 fully saturated rings. The minimum Gasteiger partial charge on any atom is -0.310 e. The lowest BCUT2D eigenvalue weighted by molar-refractivity contribution is 0.598. The van der Waals surface area contributed by atoms with Crippen molar-refractivity contribution >= 4 is 11.6 Å². The molecule has 0 radical (unpaired) electrons. The number of rotatable bonds is 3. The Balaban J connectivity index is 2.87. The van der Waals surface area contributed by atoms with Gasteiger partial charge in [0.2, 0.25) is 0 Å². The van der Waals surface area contributed by atoms with Crippen molar-refractivity contribution in [1.29, 1.82) is 0 Å². The van der Waals surface area contributed by atoms with Gasteiger partial charge in [-0.3, -0.25) is 0 Å². The van der Waals surface area contributed by atoms with Gasteiger partial charge in [0.05, 0.1) is 0 Å². The lowest BCUT2D eigenvalue weighted by atomic mass is 10.1. The van der Waals surface area contributed by atoms with Gasteiger partial charge < -0.3 is 5.32 Å². The van der Waals surface area contributed by atoms with Gasteiger partial charge in [0.25, 0.3) is 0 Å². The third-order valence-electron chi connectivity index (χ3n) is 2.07. The predicted molar refractivity (Wildman–Crippen MR) is 58.3 cm³/mol. The van der Waals surface area contributed by atoms with Crippen molar-refractivity contribution < 1.29 is 0 Å². The maximum atomic E-state index is 5.97. The summed E-state index contributed by atoms with van der Waals surface area (Å²) < 4.78 is 0. The number of hydrogen-bond acceptors (Lipinski definition) is 1. The highest BCUT2D eigenvalue weighted by atomic mass is 35.5. The molecule has 1 atom stereocenters. The van der Waals surface area contributed by atoms with Crippen LogP contribution in [0.1, 0.15) is 31.0 Å². The monoisotopic (exact) mass is 197 g/mol. The second kappa shape index (κ2) is 4.64. The molecule has 0 aliphatic rings. The van der Waals surface area contributed by atoms with Crippen LogP contribution in [0.4, 0.5) is 0 Å². The van der Waals surface area contributed by atoms with Crippen LogP contribution in [-0.4, -0.2) is 6.54 Å². The first-order valence-corrected chi connectivity index (χ1v) is 5.01. The zero-order chi connectivity index (χ0) is 9.84. The fourth-order valence-electron chi connectivity index (χ4n) is 1.44. The number of benzene rings is 1. The van der Waals surface area contributed by atoms with Crippen LogP contribution in [0.5, 0.6) is 0 Å². The molecule has 1 nitrogen and oxygen atoms in total. The molecule has 13 heavy (non-hydrogen) atoms. The molecule has 0 amide bonds. The highest BCUT2D eigenvalue weighted by Crippen LogP contribution is 2.19. The van der Waals surface area contributed by atoms with Crippen molar-refractivity contribution in [1.82, 2.24) is 5.32 Å². The molecule has 1 aromatic carbocycles. The summed E-state index contributed by atoms with van der Waals surface area (Å²) in [6, 6.07) is 6.53. The molecule has 0 aliphatic heterocycles. The molecule has 0 saturated carbocycles. The molecular weight excluding hydrogens is 182 g/mol. The Hall–Kier alpha value is -0.530. The minimum absolute atomic E-state index is 0.377. The quantitative estimate of drug-likeness (QED) is 0.784. The van der Waals surface area contributed by atoms with Crippen LogP contribution in [0.15, 0.2) is 18.2 Å². The standard InChI is InChI=1S/C11H16ClN/c1-4-13-9(3)10-5-8(2)6-11(12)7-10/h5-7,9,13H,4H2,1-3H3. The van der Waals surface area contributed by atoms with Crippen molar-refractivity contribution in [3.8, 4) is 0 Å². The summed E-state index contributed by atoms with van der Waals surface area (Å²) >= 11 is 5.97. The van der Waals surface area contributed by atoms with Crippen LogP contribution in [0.25, 0.3) is 0 Å². The number of hydrogen-bond donors (Lipinski definition) is 1. The topological polar surface area (TPSA) is 12.0 Å². The van der Waals surface area contributed by atoms with E-state index in [4.69, 9.17) is 11.6 Å². The van der Waals surface area contributed by atoms with Gasteiger partial charge in [-0.25, -0.2) is 0 Å². The smallest absolute Gasteiger partial charge is 0.0411 e. The van der Waals surface area contributed by atoms with Gasteiger partial charge in [-0.1, -0.05) is 24.6 Å². The Bertz CT molecular complexity index is 263.